The first-order chi connectivity index (χ1) is 5.63. The van der Waals surface area contributed by atoms with Crippen LogP contribution in [0.25, 0.3) is 0 Å². The second kappa shape index (κ2) is 3.65. The number of hydrogen-bond acceptors (Lipinski definition) is 2. The standard InChI is InChI=1S/C10H14O2/c1-7-5-3-4-6-9(12)10(7)8(2)11/h3,5,7,10H,4,6H2,1-2H3/t7-,10-/m1/s1. The van der Waals surface area contributed by atoms with Crippen LogP contribution in [0.2, 0.25) is 0 Å². The van der Waals surface area contributed by atoms with Crippen LogP contribution in [0.5, 0.6) is 0 Å². The monoisotopic (exact) mass is 166 g/mol. The number of ketones is 2. The van der Waals surface area contributed by atoms with E-state index in [1.54, 1.807) is 0 Å². The molecule has 0 aromatic heterocycles. The molecule has 66 valence electrons. The number of carbonyl (C=O) groups excluding carboxylic acids is 2. The average Bonchev–Trinajstić information content (AvgIpc) is 2.11. The maximum Gasteiger partial charge on any atom is 0.144 e. The summed E-state index contributed by atoms with van der Waals surface area (Å²) >= 11 is 0. The van der Waals surface area contributed by atoms with Gasteiger partial charge in [0.2, 0.25) is 0 Å². The fourth-order valence-corrected chi connectivity index (χ4v) is 1.69. The summed E-state index contributed by atoms with van der Waals surface area (Å²) in [6.07, 6.45) is 5.26. The third kappa shape index (κ3) is 1.81. The topological polar surface area (TPSA) is 34.1 Å². The largest absolute Gasteiger partial charge is 0.299 e. The Bertz CT molecular complexity index is 228. The van der Waals surface area contributed by atoms with Crippen LogP contribution in [0.15, 0.2) is 12.2 Å². The van der Waals surface area contributed by atoms with E-state index in [4.69, 9.17) is 0 Å². The van der Waals surface area contributed by atoms with Gasteiger partial charge in [0.1, 0.15) is 11.6 Å². The molecule has 0 fully saturated rings. The predicted molar refractivity (Wildman–Crippen MR) is 46.7 cm³/mol. The van der Waals surface area contributed by atoms with Gasteiger partial charge in [-0.3, -0.25) is 9.59 Å². The van der Waals surface area contributed by atoms with Crippen molar-refractivity contribution in [1.82, 2.24) is 0 Å². The molecule has 0 bridgehead atoms. The van der Waals surface area contributed by atoms with E-state index >= 15 is 0 Å². The minimum Gasteiger partial charge on any atom is -0.299 e. The van der Waals surface area contributed by atoms with Crippen molar-refractivity contribution >= 4 is 11.6 Å². The molecule has 0 aromatic rings. The second-order valence-corrected chi connectivity index (χ2v) is 3.38. The number of hydrogen-bond donors (Lipinski definition) is 0. The molecule has 0 aliphatic heterocycles. The highest BCUT2D eigenvalue weighted by Gasteiger charge is 2.28. The Morgan fingerprint density at radius 1 is 1.58 bits per heavy atom. The summed E-state index contributed by atoms with van der Waals surface area (Å²) in [5.74, 6) is -0.208. The van der Waals surface area contributed by atoms with Crippen LogP contribution in [-0.2, 0) is 9.59 Å². The van der Waals surface area contributed by atoms with E-state index in [2.05, 4.69) is 0 Å². The molecule has 0 aromatic carbocycles. The van der Waals surface area contributed by atoms with E-state index in [1.165, 1.54) is 6.92 Å². The van der Waals surface area contributed by atoms with E-state index in [0.717, 1.165) is 6.42 Å². The molecule has 0 amide bonds. The lowest BCUT2D eigenvalue weighted by Crippen LogP contribution is -2.26. The summed E-state index contributed by atoms with van der Waals surface area (Å²) in [4.78, 5) is 22.5. The summed E-state index contributed by atoms with van der Waals surface area (Å²) in [5, 5.41) is 0. The van der Waals surface area contributed by atoms with Crippen LogP contribution in [0, 0.1) is 11.8 Å². The Kier molecular flexibility index (Phi) is 2.79. The number of rotatable bonds is 1. The molecular weight excluding hydrogens is 152 g/mol. The molecule has 0 radical (unpaired) electrons. The summed E-state index contributed by atoms with van der Waals surface area (Å²) in [6, 6.07) is 0. The first kappa shape index (κ1) is 9.17. The van der Waals surface area contributed by atoms with Gasteiger partial charge in [-0.2, -0.15) is 0 Å². The normalized spacial score (nSPS) is 30.0. The van der Waals surface area contributed by atoms with Crippen molar-refractivity contribution < 1.29 is 9.59 Å². The van der Waals surface area contributed by atoms with E-state index in [0.29, 0.717) is 6.42 Å². The summed E-state index contributed by atoms with van der Waals surface area (Å²) in [7, 11) is 0. The fourth-order valence-electron chi connectivity index (χ4n) is 1.69. The average molecular weight is 166 g/mol. The van der Waals surface area contributed by atoms with Crippen LogP contribution < -0.4 is 0 Å². The van der Waals surface area contributed by atoms with Crippen molar-refractivity contribution in [2.45, 2.75) is 26.7 Å². The minimum atomic E-state index is -0.385. The van der Waals surface area contributed by atoms with Gasteiger partial charge in [-0.05, 0) is 19.3 Å². The van der Waals surface area contributed by atoms with Gasteiger partial charge in [0.15, 0.2) is 0 Å². The zero-order valence-electron chi connectivity index (χ0n) is 7.54. The van der Waals surface area contributed by atoms with Crippen molar-refractivity contribution in [2.75, 3.05) is 0 Å². The lowest BCUT2D eigenvalue weighted by Gasteiger charge is -2.14. The number of allylic oxidation sites excluding steroid dienone is 2. The first-order valence-corrected chi connectivity index (χ1v) is 4.32. The van der Waals surface area contributed by atoms with E-state index in [-0.39, 0.29) is 23.4 Å². The first-order valence-electron chi connectivity index (χ1n) is 4.32. The summed E-state index contributed by atoms with van der Waals surface area (Å²) < 4.78 is 0. The number of carbonyl (C=O) groups is 2. The molecule has 1 aliphatic rings. The van der Waals surface area contributed by atoms with Crippen LogP contribution in [0.1, 0.15) is 26.7 Å². The maximum atomic E-state index is 11.4. The summed E-state index contributed by atoms with van der Waals surface area (Å²) in [6.45, 7) is 3.42. The van der Waals surface area contributed by atoms with Gasteiger partial charge in [0, 0.05) is 6.42 Å². The molecule has 0 heterocycles. The molecule has 0 spiro atoms. The van der Waals surface area contributed by atoms with Crippen LogP contribution >= 0.6 is 0 Å². The van der Waals surface area contributed by atoms with E-state index < -0.39 is 0 Å². The van der Waals surface area contributed by atoms with E-state index in [9.17, 15) is 9.59 Å². The zero-order valence-corrected chi connectivity index (χ0v) is 7.54. The van der Waals surface area contributed by atoms with Crippen LogP contribution in [-0.4, -0.2) is 11.6 Å². The third-order valence-corrected chi connectivity index (χ3v) is 2.31. The smallest absolute Gasteiger partial charge is 0.144 e. The Morgan fingerprint density at radius 2 is 2.25 bits per heavy atom. The lowest BCUT2D eigenvalue weighted by atomic mass is 9.87. The van der Waals surface area contributed by atoms with Crippen molar-refractivity contribution in [1.29, 1.82) is 0 Å². The number of Topliss-reactive ketones (excluding diaryl/α,β-unsaturated/α-hetero) is 2. The van der Waals surface area contributed by atoms with Gasteiger partial charge in [-0.1, -0.05) is 19.1 Å². The van der Waals surface area contributed by atoms with Crippen LogP contribution in [0.3, 0.4) is 0 Å². The van der Waals surface area contributed by atoms with Crippen molar-refractivity contribution in [3.8, 4) is 0 Å². The Labute approximate surface area is 72.7 Å². The molecule has 12 heavy (non-hydrogen) atoms. The maximum absolute atomic E-state index is 11.4. The Hall–Kier alpha value is -0.920. The molecule has 2 atom stereocenters. The predicted octanol–water partition coefficient (Wildman–Crippen LogP) is 1.75. The van der Waals surface area contributed by atoms with Crippen molar-refractivity contribution in [3.05, 3.63) is 12.2 Å². The highest BCUT2D eigenvalue weighted by atomic mass is 16.1. The van der Waals surface area contributed by atoms with Gasteiger partial charge in [0.05, 0.1) is 5.92 Å². The molecule has 0 saturated carbocycles. The molecule has 1 aliphatic carbocycles. The van der Waals surface area contributed by atoms with Gasteiger partial charge >= 0.3 is 0 Å². The SMILES string of the molecule is CC(=O)[C@@H]1C(=O)CCC=C[C@H]1C. The molecule has 1 rings (SSSR count). The van der Waals surface area contributed by atoms with Gasteiger partial charge in [0.25, 0.3) is 0 Å². The molecule has 2 heteroatoms. The zero-order chi connectivity index (χ0) is 9.14. The lowest BCUT2D eigenvalue weighted by molar-refractivity contribution is -0.132. The summed E-state index contributed by atoms with van der Waals surface area (Å²) in [5.41, 5.74) is 0. The van der Waals surface area contributed by atoms with Crippen LogP contribution in [0.4, 0.5) is 0 Å². The van der Waals surface area contributed by atoms with Crippen molar-refractivity contribution in [2.24, 2.45) is 11.8 Å². The second-order valence-electron chi connectivity index (χ2n) is 3.38. The van der Waals surface area contributed by atoms with E-state index in [1.807, 2.05) is 19.1 Å². The van der Waals surface area contributed by atoms with Gasteiger partial charge in [-0.15, -0.1) is 0 Å². The quantitative estimate of drug-likeness (QED) is 0.439. The Balaban J connectivity index is 2.84. The highest BCUT2D eigenvalue weighted by molar-refractivity contribution is 6.02. The molecule has 0 saturated heterocycles. The Morgan fingerprint density at radius 3 is 2.83 bits per heavy atom. The minimum absolute atomic E-state index is 0.000880. The molecule has 0 N–H and O–H groups in total. The molecular formula is C10H14O2. The van der Waals surface area contributed by atoms with Gasteiger partial charge in [-0.25, -0.2) is 0 Å². The van der Waals surface area contributed by atoms with Crippen molar-refractivity contribution in [3.63, 3.8) is 0 Å². The third-order valence-electron chi connectivity index (χ3n) is 2.31. The molecule has 2 nitrogen and oxygen atoms in total. The highest BCUT2D eigenvalue weighted by Crippen LogP contribution is 2.21. The van der Waals surface area contributed by atoms with Gasteiger partial charge < -0.3 is 0 Å². The fraction of sp³-hybridized carbons (Fsp3) is 0.600. The molecule has 0 unspecified atom stereocenters.